The molecule has 1 aromatic rings. The van der Waals surface area contributed by atoms with E-state index in [1.54, 1.807) is 11.8 Å². The topological polar surface area (TPSA) is 61.4 Å². The van der Waals surface area contributed by atoms with Crippen LogP contribution >= 0.6 is 11.8 Å². The van der Waals surface area contributed by atoms with Crippen LogP contribution in [0, 0.1) is 0 Å². The quantitative estimate of drug-likeness (QED) is 0.722. The Morgan fingerprint density at radius 1 is 1.61 bits per heavy atom. The Kier molecular flexibility index (Phi) is 4.63. The van der Waals surface area contributed by atoms with Crippen molar-refractivity contribution in [2.75, 3.05) is 17.6 Å². The first-order chi connectivity index (χ1) is 8.69. The molecule has 1 amide bonds. The summed E-state index contributed by atoms with van der Waals surface area (Å²) >= 11 is 1.74. The zero-order valence-electron chi connectivity index (χ0n) is 10.3. The third kappa shape index (κ3) is 3.48. The SMILES string of the molecule is CCSc1cccc(NC(=O)C2CC(O)CN2)c1. The number of carbonyl (C=O) groups excluding carboxylic acids is 1. The third-order valence-corrected chi connectivity index (χ3v) is 3.71. The maximum absolute atomic E-state index is 11.9. The molecule has 0 aromatic heterocycles. The fourth-order valence-electron chi connectivity index (χ4n) is 1.98. The molecule has 1 aliphatic heterocycles. The molecule has 1 aliphatic rings. The van der Waals surface area contributed by atoms with Crippen LogP contribution in [0.1, 0.15) is 13.3 Å². The summed E-state index contributed by atoms with van der Waals surface area (Å²) in [6.07, 6.45) is 0.0672. The summed E-state index contributed by atoms with van der Waals surface area (Å²) in [5.41, 5.74) is 0.807. The number of carbonyl (C=O) groups is 1. The van der Waals surface area contributed by atoms with Gasteiger partial charge in [-0.15, -0.1) is 11.8 Å². The second-order valence-electron chi connectivity index (χ2n) is 4.30. The Balaban J connectivity index is 1.96. The Labute approximate surface area is 111 Å². The van der Waals surface area contributed by atoms with Crippen LogP contribution in [-0.2, 0) is 4.79 Å². The van der Waals surface area contributed by atoms with Gasteiger partial charge in [0.25, 0.3) is 0 Å². The van der Waals surface area contributed by atoms with Crippen LogP contribution in [0.4, 0.5) is 5.69 Å². The van der Waals surface area contributed by atoms with Crippen molar-refractivity contribution >= 4 is 23.4 Å². The van der Waals surface area contributed by atoms with E-state index in [-0.39, 0.29) is 11.9 Å². The molecule has 0 saturated carbocycles. The average molecular weight is 266 g/mol. The van der Waals surface area contributed by atoms with Gasteiger partial charge in [-0.05, 0) is 30.4 Å². The lowest BCUT2D eigenvalue weighted by molar-refractivity contribution is -0.117. The highest BCUT2D eigenvalue weighted by Gasteiger charge is 2.27. The minimum Gasteiger partial charge on any atom is -0.392 e. The molecular formula is C13H18N2O2S. The van der Waals surface area contributed by atoms with E-state index < -0.39 is 6.10 Å². The molecule has 4 nitrogen and oxygen atoms in total. The number of benzene rings is 1. The molecule has 1 heterocycles. The molecule has 5 heteroatoms. The van der Waals surface area contributed by atoms with Crippen LogP contribution < -0.4 is 10.6 Å². The Bertz CT molecular complexity index is 425. The van der Waals surface area contributed by atoms with Crippen molar-refractivity contribution in [1.29, 1.82) is 0 Å². The van der Waals surface area contributed by atoms with Gasteiger partial charge in [-0.25, -0.2) is 0 Å². The summed E-state index contributed by atoms with van der Waals surface area (Å²) in [6.45, 7) is 2.59. The lowest BCUT2D eigenvalue weighted by atomic mass is 10.2. The molecule has 1 saturated heterocycles. The van der Waals surface area contributed by atoms with E-state index in [0.29, 0.717) is 13.0 Å². The number of anilines is 1. The Hall–Kier alpha value is -1.04. The predicted octanol–water partition coefficient (Wildman–Crippen LogP) is 1.46. The largest absolute Gasteiger partial charge is 0.392 e. The lowest BCUT2D eigenvalue weighted by Crippen LogP contribution is -2.35. The van der Waals surface area contributed by atoms with Gasteiger partial charge in [0.2, 0.25) is 5.91 Å². The smallest absolute Gasteiger partial charge is 0.241 e. The van der Waals surface area contributed by atoms with Crippen molar-refractivity contribution in [3.05, 3.63) is 24.3 Å². The number of hydrogen-bond donors (Lipinski definition) is 3. The minimum atomic E-state index is -0.414. The number of rotatable bonds is 4. The van der Waals surface area contributed by atoms with Crippen molar-refractivity contribution in [2.45, 2.75) is 30.4 Å². The standard InChI is InChI=1S/C13H18N2O2S/c1-2-18-11-5-3-4-9(6-11)15-13(17)12-7-10(16)8-14-12/h3-6,10,12,14,16H,2,7-8H2,1H3,(H,15,17). The molecule has 18 heavy (non-hydrogen) atoms. The van der Waals surface area contributed by atoms with E-state index in [1.807, 2.05) is 24.3 Å². The number of amides is 1. The third-order valence-electron chi connectivity index (χ3n) is 2.84. The maximum atomic E-state index is 11.9. The monoisotopic (exact) mass is 266 g/mol. The van der Waals surface area contributed by atoms with E-state index in [9.17, 15) is 9.90 Å². The number of aliphatic hydroxyl groups is 1. The van der Waals surface area contributed by atoms with Crippen molar-refractivity contribution in [2.24, 2.45) is 0 Å². The average Bonchev–Trinajstić information content (AvgIpc) is 2.77. The van der Waals surface area contributed by atoms with Crippen molar-refractivity contribution in [3.8, 4) is 0 Å². The fourth-order valence-corrected chi connectivity index (χ4v) is 2.69. The van der Waals surface area contributed by atoms with Crippen molar-refractivity contribution in [3.63, 3.8) is 0 Å². The summed E-state index contributed by atoms with van der Waals surface area (Å²) in [5.74, 6) is 0.929. The lowest BCUT2D eigenvalue weighted by Gasteiger charge is -2.11. The first-order valence-electron chi connectivity index (χ1n) is 6.14. The molecule has 98 valence electrons. The summed E-state index contributed by atoms with van der Waals surface area (Å²) in [6, 6.07) is 7.52. The van der Waals surface area contributed by atoms with E-state index in [4.69, 9.17) is 0 Å². The molecule has 2 atom stereocenters. The van der Waals surface area contributed by atoms with Crippen LogP contribution in [0.3, 0.4) is 0 Å². The van der Waals surface area contributed by atoms with Gasteiger partial charge in [0.15, 0.2) is 0 Å². The molecule has 0 radical (unpaired) electrons. The summed E-state index contributed by atoms with van der Waals surface area (Å²) in [5, 5.41) is 15.3. The predicted molar refractivity (Wildman–Crippen MR) is 73.9 cm³/mol. The van der Waals surface area contributed by atoms with Crippen LogP contribution in [0.2, 0.25) is 0 Å². The molecule has 1 aromatic carbocycles. The molecule has 0 bridgehead atoms. The van der Waals surface area contributed by atoms with E-state index in [2.05, 4.69) is 17.6 Å². The number of thioether (sulfide) groups is 1. The van der Waals surface area contributed by atoms with Gasteiger partial charge < -0.3 is 15.7 Å². The zero-order valence-corrected chi connectivity index (χ0v) is 11.2. The number of hydrogen-bond acceptors (Lipinski definition) is 4. The van der Waals surface area contributed by atoms with Crippen LogP contribution in [0.5, 0.6) is 0 Å². The van der Waals surface area contributed by atoms with Crippen molar-refractivity contribution < 1.29 is 9.90 Å². The molecular weight excluding hydrogens is 248 g/mol. The normalized spacial score (nSPS) is 23.0. The first kappa shape index (κ1) is 13.4. The van der Waals surface area contributed by atoms with Gasteiger partial charge >= 0.3 is 0 Å². The van der Waals surface area contributed by atoms with Gasteiger partial charge in [0, 0.05) is 17.1 Å². The molecule has 0 aliphatic carbocycles. The van der Waals surface area contributed by atoms with E-state index >= 15 is 0 Å². The van der Waals surface area contributed by atoms with Crippen LogP contribution in [-0.4, -0.2) is 35.5 Å². The number of aliphatic hydroxyl groups excluding tert-OH is 1. The summed E-state index contributed by atoms with van der Waals surface area (Å²) in [7, 11) is 0. The highest BCUT2D eigenvalue weighted by atomic mass is 32.2. The summed E-state index contributed by atoms with van der Waals surface area (Å²) < 4.78 is 0. The number of β-amino-alcohol motifs (C(OH)–C–C–N with tert-alkyl or cyclic N) is 1. The zero-order chi connectivity index (χ0) is 13.0. The van der Waals surface area contributed by atoms with Gasteiger partial charge in [0.05, 0.1) is 12.1 Å². The van der Waals surface area contributed by atoms with Gasteiger partial charge in [-0.2, -0.15) is 0 Å². The van der Waals surface area contributed by atoms with Crippen LogP contribution in [0.15, 0.2) is 29.2 Å². The molecule has 2 rings (SSSR count). The summed E-state index contributed by atoms with van der Waals surface area (Å²) in [4.78, 5) is 13.1. The molecule has 0 spiro atoms. The van der Waals surface area contributed by atoms with E-state index in [1.165, 1.54) is 0 Å². The Morgan fingerprint density at radius 3 is 3.11 bits per heavy atom. The van der Waals surface area contributed by atoms with Gasteiger partial charge in [-0.3, -0.25) is 4.79 Å². The maximum Gasteiger partial charge on any atom is 0.241 e. The fraction of sp³-hybridized carbons (Fsp3) is 0.462. The van der Waals surface area contributed by atoms with Gasteiger partial charge in [0.1, 0.15) is 0 Å². The molecule has 3 N–H and O–H groups in total. The highest BCUT2D eigenvalue weighted by Crippen LogP contribution is 2.21. The second-order valence-corrected chi connectivity index (χ2v) is 5.64. The van der Waals surface area contributed by atoms with Crippen molar-refractivity contribution in [1.82, 2.24) is 5.32 Å². The van der Waals surface area contributed by atoms with Crippen LogP contribution in [0.25, 0.3) is 0 Å². The first-order valence-corrected chi connectivity index (χ1v) is 7.12. The van der Waals surface area contributed by atoms with Gasteiger partial charge in [-0.1, -0.05) is 13.0 Å². The van der Waals surface area contributed by atoms with E-state index in [0.717, 1.165) is 16.3 Å². The molecule has 2 unspecified atom stereocenters. The Morgan fingerprint density at radius 2 is 2.44 bits per heavy atom. The second kappa shape index (κ2) is 6.22. The highest BCUT2D eigenvalue weighted by molar-refractivity contribution is 7.99. The number of nitrogens with one attached hydrogen (secondary N) is 2. The minimum absolute atomic E-state index is 0.0785. The molecule has 1 fully saturated rings.